The highest BCUT2D eigenvalue weighted by molar-refractivity contribution is 9.10. The molecule has 2 aromatic rings. The van der Waals surface area contributed by atoms with E-state index >= 15 is 0 Å². The first kappa shape index (κ1) is 17.1. The molecule has 0 atom stereocenters. The minimum atomic E-state index is -0.488. The van der Waals surface area contributed by atoms with E-state index in [2.05, 4.69) is 20.7 Å². The summed E-state index contributed by atoms with van der Waals surface area (Å²) in [5.74, 6) is -0.580. The first-order valence-corrected chi connectivity index (χ1v) is 8.20. The smallest absolute Gasteiger partial charge is 0.343 e. The van der Waals surface area contributed by atoms with Gasteiger partial charge in [0, 0.05) is 11.1 Å². The largest absolute Gasteiger partial charge is 0.481 e. The second-order valence-electron chi connectivity index (χ2n) is 5.32. The monoisotopic (exact) mass is 400 g/mol. The van der Waals surface area contributed by atoms with Gasteiger partial charge >= 0.3 is 5.97 Å². The van der Waals surface area contributed by atoms with Crippen LogP contribution in [0.2, 0.25) is 0 Å². The molecule has 0 heterocycles. The lowest BCUT2D eigenvalue weighted by molar-refractivity contribution is -0.142. The average Bonchev–Trinajstić information content (AvgIpc) is 2.86. The summed E-state index contributed by atoms with van der Waals surface area (Å²) in [7, 11) is 1.28. The third-order valence-electron chi connectivity index (χ3n) is 3.75. The molecule has 0 radical (unpaired) electrons. The van der Waals surface area contributed by atoms with Crippen molar-refractivity contribution in [3.8, 4) is 5.75 Å². The molecule has 1 aliphatic rings. The maximum atomic E-state index is 12.4. The van der Waals surface area contributed by atoms with Crippen molar-refractivity contribution in [2.45, 2.75) is 0 Å². The maximum absolute atomic E-state index is 12.4. The van der Waals surface area contributed by atoms with Gasteiger partial charge in [-0.1, -0.05) is 30.3 Å². The predicted octanol–water partition coefficient (Wildman–Crippen LogP) is 3.46. The number of halogens is 1. The molecule has 2 aromatic carbocycles. The summed E-state index contributed by atoms with van der Waals surface area (Å²) in [6.45, 7) is -0.207. The van der Waals surface area contributed by atoms with Gasteiger partial charge in [0.05, 0.1) is 17.2 Å². The number of fused-ring (bicyclic) bond motifs is 1. The Morgan fingerprint density at radius 1 is 1.08 bits per heavy atom. The van der Waals surface area contributed by atoms with Crippen molar-refractivity contribution in [2.75, 3.05) is 13.7 Å². The number of ether oxygens (including phenoxy) is 2. The molecule has 0 bridgehead atoms. The average molecular weight is 401 g/mol. The van der Waals surface area contributed by atoms with E-state index in [1.807, 2.05) is 0 Å². The van der Waals surface area contributed by atoms with Gasteiger partial charge in [0.15, 0.2) is 18.2 Å². The van der Waals surface area contributed by atoms with E-state index in [9.17, 15) is 14.4 Å². The van der Waals surface area contributed by atoms with E-state index in [0.717, 1.165) is 0 Å². The molecule has 0 saturated carbocycles. The van der Waals surface area contributed by atoms with Gasteiger partial charge in [-0.3, -0.25) is 9.59 Å². The summed E-state index contributed by atoms with van der Waals surface area (Å²) in [6, 6.07) is 11.8. The van der Waals surface area contributed by atoms with Crippen molar-refractivity contribution >= 4 is 39.5 Å². The van der Waals surface area contributed by atoms with Crippen LogP contribution >= 0.6 is 15.9 Å². The topological polar surface area (TPSA) is 69.7 Å². The fourth-order valence-electron chi connectivity index (χ4n) is 2.49. The second kappa shape index (κ2) is 7.03. The van der Waals surface area contributed by atoms with Crippen LogP contribution in [-0.4, -0.2) is 31.3 Å². The van der Waals surface area contributed by atoms with Gasteiger partial charge in [0.1, 0.15) is 5.75 Å². The van der Waals surface area contributed by atoms with Crippen LogP contribution < -0.4 is 4.74 Å². The second-order valence-corrected chi connectivity index (χ2v) is 6.17. The summed E-state index contributed by atoms with van der Waals surface area (Å²) in [5.41, 5.74) is 1.66. The maximum Gasteiger partial charge on any atom is 0.343 e. The normalized spacial score (nSPS) is 12.8. The number of benzene rings is 2. The summed E-state index contributed by atoms with van der Waals surface area (Å²) in [5, 5.41) is 0. The Morgan fingerprint density at radius 2 is 1.72 bits per heavy atom. The fourth-order valence-corrected chi connectivity index (χ4v) is 3.00. The standard InChI is InChI=1S/C19H13BrO5/c1-24-17(21)10-25-16-7-6-11(9-15(16)20)8-14-18(22)12-4-2-3-5-13(12)19(14)23/h2-9H,10H2,1H3. The van der Waals surface area contributed by atoms with Crippen LogP contribution in [-0.2, 0) is 9.53 Å². The van der Waals surface area contributed by atoms with Crippen molar-refractivity contribution in [1.29, 1.82) is 0 Å². The van der Waals surface area contributed by atoms with E-state index in [-0.39, 0.29) is 23.7 Å². The summed E-state index contributed by atoms with van der Waals surface area (Å²) >= 11 is 3.35. The molecule has 0 fully saturated rings. The van der Waals surface area contributed by atoms with Crippen molar-refractivity contribution < 1.29 is 23.9 Å². The van der Waals surface area contributed by atoms with E-state index in [0.29, 0.717) is 26.9 Å². The molecule has 0 N–H and O–H groups in total. The molecule has 0 unspecified atom stereocenters. The highest BCUT2D eigenvalue weighted by Gasteiger charge is 2.32. The summed E-state index contributed by atoms with van der Waals surface area (Å²) in [4.78, 5) is 35.9. The van der Waals surface area contributed by atoms with Gasteiger partial charge in [0.25, 0.3) is 0 Å². The van der Waals surface area contributed by atoms with Crippen LogP contribution in [0.1, 0.15) is 26.3 Å². The SMILES string of the molecule is COC(=O)COc1ccc(C=C2C(=O)c3ccccc3C2=O)cc1Br. The highest BCUT2D eigenvalue weighted by atomic mass is 79.9. The first-order valence-electron chi connectivity index (χ1n) is 7.40. The van der Waals surface area contributed by atoms with Gasteiger partial charge < -0.3 is 9.47 Å². The number of Topliss-reactive ketones (excluding diaryl/α,β-unsaturated/α-hetero) is 2. The van der Waals surface area contributed by atoms with Gasteiger partial charge in [-0.05, 0) is 39.7 Å². The number of hydrogen-bond donors (Lipinski definition) is 0. The van der Waals surface area contributed by atoms with Crippen LogP contribution in [0.25, 0.3) is 6.08 Å². The zero-order valence-electron chi connectivity index (χ0n) is 13.2. The quantitative estimate of drug-likeness (QED) is 0.446. The number of carbonyl (C=O) groups excluding carboxylic acids is 3. The van der Waals surface area contributed by atoms with Crippen molar-refractivity contribution in [3.63, 3.8) is 0 Å². The van der Waals surface area contributed by atoms with Crippen LogP contribution in [0.3, 0.4) is 0 Å². The Hall–Kier alpha value is -2.73. The molecular weight excluding hydrogens is 388 g/mol. The van der Waals surface area contributed by atoms with E-state index in [1.54, 1.807) is 48.5 Å². The van der Waals surface area contributed by atoms with Crippen molar-refractivity contribution in [1.82, 2.24) is 0 Å². The number of allylic oxidation sites excluding steroid dienone is 1. The molecule has 0 aromatic heterocycles. The van der Waals surface area contributed by atoms with Crippen LogP contribution in [0.15, 0.2) is 52.5 Å². The highest BCUT2D eigenvalue weighted by Crippen LogP contribution is 2.30. The lowest BCUT2D eigenvalue weighted by Crippen LogP contribution is -2.12. The molecule has 0 aliphatic heterocycles. The number of rotatable bonds is 4. The molecule has 25 heavy (non-hydrogen) atoms. The third-order valence-corrected chi connectivity index (χ3v) is 4.37. The van der Waals surface area contributed by atoms with Gasteiger partial charge in [-0.25, -0.2) is 4.79 Å². The Bertz CT molecular complexity index is 877. The van der Waals surface area contributed by atoms with Crippen LogP contribution in [0.5, 0.6) is 5.75 Å². The fraction of sp³-hybridized carbons (Fsp3) is 0.105. The third kappa shape index (κ3) is 3.39. The molecule has 0 saturated heterocycles. The number of carbonyl (C=O) groups is 3. The molecule has 6 heteroatoms. The Labute approximate surface area is 152 Å². The summed E-state index contributed by atoms with van der Waals surface area (Å²) < 4.78 is 10.4. The van der Waals surface area contributed by atoms with E-state index in [4.69, 9.17) is 4.74 Å². The lowest BCUT2D eigenvalue weighted by atomic mass is 10.1. The molecule has 3 rings (SSSR count). The zero-order chi connectivity index (χ0) is 18.0. The van der Waals surface area contributed by atoms with E-state index < -0.39 is 5.97 Å². The van der Waals surface area contributed by atoms with Gasteiger partial charge in [0.2, 0.25) is 0 Å². The number of methoxy groups -OCH3 is 1. The van der Waals surface area contributed by atoms with Crippen LogP contribution in [0.4, 0.5) is 0 Å². The lowest BCUT2D eigenvalue weighted by Gasteiger charge is -2.07. The van der Waals surface area contributed by atoms with Gasteiger partial charge in [-0.2, -0.15) is 0 Å². The molecular formula is C19H13BrO5. The van der Waals surface area contributed by atoms with E-state index in [1.165, 1.54) is 7.11 Å². The minimum absolute atomic E-state index is 0.135. The van der Waals surface area contributed by atoms with Crippen LogP contribution in [0, 0.1) is 0 Å². The molecule has 1 aliphatic carbocycles. The Kier molecular flexibility index (Phi) is 4.81. The zero-order valence-corrected chi connectivity index (χ0v) is 14.8. The van der Waals surface area contributed by atoms with Crippen molar-refractivity contribution in [3.05, 3.63) is 69.2 Å². The molecule has 126 valence electrons. The number of esters is 1. The molecule has 0 spiro atoms. The molecule has 5 nitrogen and oxygen atoms in total. The number of ketones is 2. The number of hydrogen-bond acceptors (Lipinski definition) is 5. The minimum Gasteiger partial charge on any atom is -0.481 e. The van der Waals surface area contributed by atoms with Crippen molar-refractivity contribution in [2.24, 2.45) is 0 Å². The molecule has 0 amide bonds. The summed E-state index contributed by atoms with van der Waals surface area (Å²) in [6.07, 6.45) is 1.56. The Morgan fingerprint density at radius 3 is 2.28 bits per heavy atom. The predicted molar refractivity (Wildman–Crippen MR) is 94.7 cm³/mol. The first-order chi connectivity index (χ1) is 12.0. The Balaban J connectivity index is 1.85. The van der Waals surface area contributed by atoms with Gasteiger partial charge in [-0.15, -0.1) is 0 Å².